The van der Waals surface area contributed by atoms with E-state index in [1.54, 1.807) is 6.20 Å². The molecule has 2 aliphatic rings. The third-order valence-electron chi connectivity index (χ3n) is 5.74. The average Bonchev–Trinajstić information content (AvgIpc) is 2.86. The van der Waals surface area contributed by atoms with Crippen LogP contribution in [0.25, 0.3) is 0 Å². The van der Waals surface area contributed by atoms with Crippen LogP contribution in [0.15, 0.2) is 83.5 Å². The minimum absolute atomic E-state index is 0.182. The summed E-state index contributed by atoms with van der Waals surface area (Å²) >= 11 is 3.43. The van der Waals surface area contributed by atoms with E-state index in [9.17, 15) is 5.11 Å². The van der Waals surface area contributed by atoms with Crippen LogP contribution in [0.2, 0.25) is 0 Å². The lowest BCUT2D eigenvalue weighted by molar-refractivity contribution is -0.384. The van der Waals surface area contributed by atoms with Crippen molar-refractivity contribution in [3.05, 3.63) is 100 Å². The molecule has 0 saturated carbocycles. The van der Waals surface area contributed by atoms with Crippen LogP contribution in [0.5, 0.6) is 0 Å². The summed E-state index contributed by atoms with van der Waals surface area (Å²) in [5.41, 5.74) is 2.68. The van der Waals surface area contributed by atoms with Crippen LogP contribution in [0.4, 0.5) is 0 Å². The molecule has 1 aromatic heterocycles. The Balaban J connectivity index is 1.46. The van der Waals surface area contributed by atoms with Crippen molar-refractivity contribution in [2.45, 2.75) is 43.4 Å². The molecule has 0 amide bonds. The summed E-state index contributed by atoms with van der Waals surface area (Å²) < 4.78 is 26.1. The number of rotatable bonds is 5. The predicted octanol–water partition coefficient (Wildman–Crippen LogP) is 4.34. The lowest BCUT2D eigenvalue weighted by atomic mass is 9.95. The van der Waals surface area contributed by atoms with E-state index in [-0.39, 0.29) is 12.7 Å². The van der Waals surface area contributed by atoms with Crippen molar-refractivity contribution in [2.75, 3.05) is 6.61 Å². The van der Waals surface area contributed by atoms with Crippen molar-refractivity contribution in [2.24, 2.45) is 0 Å². The topological polar surface area (TPSA) is 70.0 Å². The van der Waals surface area contributed by atoms with Gasteiger partial charge in [0.15, 0.2) is 12.6 Å². The van der Waals surface area contributed by atoms with Gasteiger partial charge in [-0.1, -0.05) is 60.7 Å². The van der Waals surface area contributed by atoms with E-state index in [1.807, 2.05) is 72.8 Å². The minimum atomic E-state index is -0.615. The molecule has 2 unspecified atom stereocenters. The zero-order valence-electron chi connectivity index (χ0n) is 17.3. The summed E-state index contributed by atoms with van der Waals surface area (Å²) in [5, 5.41) is 10.1. The summed E-state index contributed by atoms with van der Waals surface area (Å²) in [6.45, 7) is -0.182. The Bertz CT molecular complexity index is 1000. The van der Waals surface area contributed by atoms with Gasteiger partial charge in [0.2, 0.25) is 0 Å². The number of benzene rings is 2. The van der Waals surface area contributed by atoms with E-state index in [0.29, 0.717) is 6.42 Å². The van der Waals surface area contributed by atoms with Crippen LogP contribution in [0, 0.1) is 0 Å². The molecule has 5 rings (SSSR count). The van der Waals surface area contributed by atoms with E-state index in [0.717, 1.165) is 21.3 Å². The fourth-order valence-electron chi connectivity index (χ4n) is 4.15. The van der Waals surface area contributed by atoms with Crippen molar-refractivity contribution in [1.82, 2.24) is 4.98 Å². The third kappa shape index (κ3) is 4.64. The molecule has 6 nitrogen and oxygen atoms in total. The van der Waals surface area contributed by atoms with E-state index < -0.39 is 30.9 Å². The first kappa shape index (κ1) is 21.7. The molecule has 1 N–H and O–H groups in total. The molecule has 32 heavy (non-hydrogen) atoms. The van der Waals surface area contributed by atoms with Crippen molar-refractivity contribution < 1.29 is 24.1 Å². The first-order valence-corrected chi connectivity index (χ1v) is 11.4. The first-order chi connectivity index (χ1) is 15.7. The quantitative estimate of drug-likeness (QED) is 0.565. The highest BCUT2D eigenvalue weighted by atomic mass is 79.9. The second-order valence-corrected chi connectivity index (χ2v) is 8.81. The van der Waals surface area contributed by atoms with Crippen LogP contribution in [0.3, 0.4) is 0 Å². The first-order valence-electron chi connectivity index (χ1n) is 10.6. The van der Waals surface area contributed by atoms with Crippen LogP contribution in [-0.2, 0) is 25.4 Å². The predicted molar refractivity (Wildman–Crippen MR) is 121 cm³/mol. The largest absolute Gasteiger partial charge is 0.394 e. The van der Waals surface area contributed by atoms with Gasteiger partial charge in [0, 0.05) is 33.9 Å². The molecule has 0 radical (unpaired) electrons. The molecule has 3 aromatic rings. The van der Waals surface area contributed by atoms with Gasteiger partial charge in [-0.3, -0.25) is 4.98 Å². The zero-order valence-corrected chi connectivity index (χ0v) is 18.9. The Morgan fingerprint density at radius 3 is 1.81 bits per heavy atom. The number of aromatic nitrogens is 1. The molecular formula is C25H24BrNO5. The second-order valence-electron chi connectivity index (χ2n) is 7.89. The van der Waals surface area contributed by atoms with E-state index in [1.165, 1.54) is 0 Å². The van der Waals surface area contributed by atoms with Crippen molar-refractivity contribution in [3.8, 4) is 0 Å². The number of aliphatic hydroxyl groups excluding tert-OH is 1. The summed E-state index contributed by atoms with van der Waals surface area (Å²) in [4.78, 5) is 4.52. The zero-order chi connectivity index (χ0) is 21.9. The monoisotopic (exact) mass is 497 g/mol. The highest BCUT2D eigenvalue weighted by Crippen LogP contribution is 2.41. The molecule has 2 saturated heterocycles. The Kier molecular flexibility index (Phi) is 6.64. The number of pyridine rings is 1. The van der Waals surface area contributed by atoms with Crippen LogP contribution < -0.4 is 0 Å². The van der Waals surface area contributed by atoms with Crippen molar-refractivity contribution in [3.63, 3.8) is 0 Å². The highest BCUT2D eigenvalue weighted by molar-refractivity contribution is 9.10. The average molecular weight is 498 g/mol. The molecular weight excluding hydrogens is 474 g/mol. The maximum atomic E-state index is 10.1. The number of fused-ring (bicyclic) bond motifs is 1. The van der Waals surface area contributed by atoms with E-state index >= 15 is 0 Å². The normalized spacial score (nSPS) is 29.9. The summed E-state index contributed by atoms with van der Waals surface area (Å²) in [6.07, 6.45) is -0.694. The Labute approximate surface area is 195 Å². The lowest BCUT2D eigenvalue weighted by Gasteiger charge is -2.49. The molecule has 2 aliphatic heterocycles. The molecule has 2 aromatic carbocycles. The fraction of sp³-hybridized carbons (Fsp3) is 0.320. The number of hydrogen-bond acceptors (Lipinski definition) is 6. The van der Waals surface area contributed by atoms with Crippen molar-refractivity contribution >= 4 is 15.9 Å². The smallest absolute Gasteiger partial charge is 0.184 e. The van der Waals surface area contributed by atoms with Gasteiger partial charge in [0.1, 0.15) is 18.3 Å². The van der Waals surface area contributed by atoms with Gasteiger partial charge in [0.25, 0.3) is 0 Å². The molecule has 6 atom stereocenters. The van der Waals surface area contributed by atoms with Crippen LogP contribution in [-0.4, -0.2) is 41.1 Å². The van der Waals surface area contributed by atoms with Gasteiger partial charge >= 0.3 is 0 Å². The molecule has 2 fully saturated rings. The van der Waals surface area contributed by atoms with Gasteiger partial charge in [-0.15, -0.1) is 0 Å². The molecule has 0 spiro atoms. The second kappa shape index (κ2) is 9.79. The van der Waals surface area contributed by atoms with Crippen LogP contribution >= 0.6 is 15.9 Å². The Morgan fingerprint density at radius 1 is 0.719 bits per heavy atom. The third-order valence-corrected chi connectivity index (χ3v) is 6.21. The molecule has 0 bridgehead atoms. The summed E-state index contributed by atoms with van der Waals surface area (Å²) in [7, 11) is 0. The number of aliphatic hydroxyl groups is 1. The van der Waals surface area contributed by atoms with Gasteiger partial charge in [-0.2, -0.15) is 0 Å². The summed E-state index contributed by atoms with van der Waals surface area (Å²) in [6, 6.07) is 23.4. The van der Waals surface area contributed by atoms with Crippen molar-refractivity contribution in [1.29, 1.82) is 0 Å². The number of nitrogens with zero attached hydrogens (tertiary/aromatic N) is 1. The minimum Gasteiger partial charge on any atom is -0.394 e. The van der Waals surface area contributed by atoms with Gasteiger partial charge in [-0.05, 0) is 28.1 Å². The molecule has 7 heteroatoms. The Hall–Kier alpha value is -2.13. The van der Waals surface area contributed by atoms with Crippen LogP contribution in [0.1, 0.15) is 29.4 Å². The van der Waals surface area contributed by atoms with E-state index in [4.69, 9.17) is 18.9 Å². The Morgan fingerprint density at radius 2 is 1.28 bits per heavy atom. The van der Waals surface area contributed by atoms with Gasteiger partial charge in [0.05, 0.1) is 12.7 Å². The molecule has 0 aliphatic carbocycles. The van der Waals surface area contributed by atoms with Gasteiger partial charge in [-0.25, -0.2) is 0 Å². The maximum Gasteiger partial charge on any atom is 0.184 e. The maximum absolute atomic E-state index is 10.1. The molecule has 166 valence electrons. The number of ether oxygens (including phenoxy) is 4. The SMILES string of the molecule is OC[C@H]1OC(c2ccccc2)O[C@@H]2[C@@H]1OC(c1ccccc1)O[C@@H]2Cc1ccc(Br)cn1. The lowest BCUT2D eigenvalue weighted by Crippen LogP contribution is -2.59. The van der Waals surface area contributed by atoms with Gasteiger partial charge < -0.3 is 24.1 Å². The summed E-state index contributed by atoms with van der Waals surface area (Å²) in [5.74, 6) is 0. The number of halogens is 1. The highest BCUT2D eigenvalue weighted by Gasteiger charge is 2.50. The standard InChI is InChI=1S/C25H24BrNO5/c26-18-11-12-19(27-14-18)13-20-22-23(32-24(29-20)16-7-3-1-4-8-16)21(15-28)30-25(31-22)17-9-5-2-6-10-17/h1-12,14,20-25,28H,13,15H2/t20-,21-,22+,23-,24?,25?/m1/s1. The number of hydrogen-bond donors (Lipinski definition) is 1. The fourth-order valence-corrected chi connectivity index (χ4v) is 4.39. The molecule has 3 heterocycles. The van der Waals surface area contributed by atoms with E-state index in [2.05, 4.69) is 20.9 Å².